The van der Waals surface area contributed by atoms with Crippen molar-refractivity contribution in [3.05, 3.63) is 64.7 Å². The van der Waals surface area contributed by atoms with Crippen LogP contribution < -0.4 is 16.0 Å². The first kappa shape index (κ1) is 31.7. The highest BCUT2D eigenvalue weighted by Crippen LogP contribution is 2.33. The Hall–Kier alpha value is -3.56. The number of fused-ring (bicyclic) bond motifs is 1. The standard InChI is InChI=1S/C27H33N3O3.C2H5NO.CH5N/c1-2-5-23(20-32)30-18-25-24(27(30)33)7-3-8-26(25)29-16-14-28(15-17-29)13-4-6-21-9-11-22(19-31)12-10-21;1-3-2-4;1-2/h3,7-12,19-20,23H,2,4-6,13-18H2,1H3;2H,1H3,(H,3,4);2H2,1H3. The van der Waals surface area contributed by atoms with Gasteiger partial charge in [0.2, 0.25) is 6.41 Å². The Labute approximate surface area is 232 Å². The Kier molecular flexibility index (Phi) is 13.9. The third-order valence-corrected chi connectivity index (χ3v) is 7.00. The van der Waals surface area contributed by atoms with Crippen LogP contribution in [-0.2, 0) is 22.6 Å². The first-order chi connectivity index (χ1) is 19.1. The van der Waals surface area contributed by atoms with E-state index >= 15 is 0 Å². The summed E-state index contributed by atoms with van der Waals surface area (Å²) in [4.78, 5) is 51.0. The fraction of sp³-hybridized carbons (Fsp3) is 0.467. The fourth-order valence-corrected chi connectivity index (χ4v) is 4.98. The van der Waals surface area contributed by atoms with Gasteiger partial charge in [-0.3, -0.25) is 19.3 Å². The monoisotopic (exact) mass is 537 g/mol. The number of rotatable bonds is 11. The van der Waals surface area contributed by atoms with Crippen molar-refractivity contribution in [3.63, 3.8) is 0 Å². The Balaban J connectivity index is 0.000000815. The molecule has 2 heterocycles. The highest BCUT2D eigenvalue weighted by Gasteiger charge is 2.35. The highest BCUT2D eigenvalue weighted by atomic mass is 16.2. The second-order valence-corrected chi connectivity index (χ2v) is 9.43. The Morgan fingerprint density at radius 3 is 2.23 bits per heavy atom. The number of nitrogens with two attached hydrogens (primary N) is 1. The van der Waals surface area contributed by atoms with Gasteiger partial charge in [0.1, 0.15) is 12.6 Å². The number of aryl methyl sites for hydroxylation is 1. The van der Waals surface area contributed by atoms with Crippen molar-refractivity contribution in [2.45, 2.75) is 45.2 Å². The lowest BCUT2D eigenvalue weighted by Crippen LogP contribution is -2.47. The molecule has 39 heavy (non-hydrogen) atoms. The van der Waals surface area contributed by atoms with Crippen LogP contribution in [0.4, 0.5) is 5.69 Å². The van der Waals surface area contributed by atoms with Crippen LogP contribution >= 0.6 is 0 Å². The molecular weight excluding hydrogens is 494 g/mol. The molecule has 212 valence electrons. The second kappa shape index (κ2) is 17.1. The first-order valence-electron chi connectivity index (χ1n) is 13.6. The zero-order valence-corrected chi connectivity index (χ0v) is 23.5. The maximum Gasteiger partial charge on any atom is 0.255 e. The molecule has 0 bridgehead atoms. The molecule has 2 aromatic carbocycles. The third-order valence-electron chi connectivity index (χ3n) is 7.00. The van der Waals surface area contributed by atoms with E-state index in [1.807, 2.05) is 43.3 Å². The van der Waals surface area contributed by atoms with Gasteiger partial charge in [0.05, 0.1) is 6.04 Å². The molecule has 0 aromatic heterocycles. The van der Waals surface area contributed by atoms with Crippen LogP contribution in [-0.4, -0.2) is 87.6 Å². The number of amides is 2. The van der Waals surface area contributed by atoms with Crippen LogP contribution in [0.25, 0.3) is 0 Å². The van der Waals surface area contributed by atoms with Gasteiger partial charge in [-0.15, -0.1) is 0 Å². The van der Waals surface area contributed by atoms with Crippen molar-refractivity contribution in [1.82, 2.24) is 15.1 Å². The average molecular weight is 538 g/mol. The molecule has 1 atom stereocenters. The Morgan fingerprint density at radius 2 is 1.67 bits per heavy atom. The molecule has 1 unspecified atom stereocenters. The maximum atomic E-state index is 13.0. The number of benzene rings is 2. The van der Waals surface area contributed by atoms with Crippen molar-refractivity contribution in [2.75, 3.05) is 51.7 Å². The minimum Gasteiger partial charge on any atom is -0.369 e. The summed E-state index contributed by atoms with van der Waals surface area (Å²) in [6, 6.07) is 13.5. The predicted molar refractivity (Wildman–Crippen MR) is 155 cm³/mol. The molecule has 3 N–H and O–H groups in total. The van der Waals surface area contributed by atoms with E-state index < -0.39 is 0 Å². The van der Waals surface area contributed by atoms with Crippen LogP contribution in [0.1, 0.15) is 58.0 Å². The number of anilines is 1. The molecule has 0 radical (unpaired) electrons. The lowest BCUT2D eigenvalue weighted by atomic mass is 10.1. The van der Waals surface area contributed by atoms with Gasteiger partial charge >= 0.3 is 0 Å². The quantitative estimate of drug-likeness (QED) is 0.423. The summed E-state index contributed by atoms with van der Waals surface area (Å²) in [6.07, 6.45) is 6.11. The van der Waals surface area contributed by atoms with Gasteiger partial charge in [-0.1, -0.05) is 43.7 Å². The van der Waals surface area contributed by atoms with E-state index in [2.05, 4.69) is 26.9 Å². The SMILES string of the molecule is CCCC(C=O)N1Cc2c(cccc2N2CCN(CCCc3ccc(C=O)cc3)CC2)C1=O.CN.CNC=O. The lowest BCUT2D eigenvalue weighted by molar-refractivity contribution is -0.112. The largest absolute Gasteiger partial charge is 0.369 e. The van der Waals surface area contributed by atoms with Crippen LogP contribution in [0.5, 0.6) is 0 Å². The van der Waals surface area contributed by atoms with Gasteiger partial charge in [-0.25, -0.2) is 0 Å². The zero-order chi connectivity index (χ0) is 28.6. The molecule has 0 aliphatic carbocycles. The molecule has 2 amide bonds. The maximum absolute atomic E-state index is 13.0. The third kappa shape index (κ3) is 8.73. The number of piperazine rings is 1. The van der Waals surface area contributed by atoms with E-state index in [1.54, 1.807) is 11.9 Å². The van der Waals surface area contributed by atoms with Crippen LogP contribution in [0, 0.1) is 0 Å². The normalized spacial score (nSPS) is 15.2. The van der Waals surface area contributed by atoms with E-state index in [0.717, 1.165) is 86.9 Å². The Bertz CT molecular complexity index is 1050. The van der Waals surface area contributed by atoms with Crippen LogP contribution in [0.15, 0.2) is 42.5 Å². The number of carbonyl (C=O) groups is 4. The Morgan fingerprint density at radius 1 is 1.00 bits per heavy atom. The van der Waals surface area contributed by atoms with E-state index in [-0.39, 0.29) is 11.9 Å². The van der Waals surface area contributed by atoms with Gasteiger partial charge in [-0.05, 0) is 50.6 Å². The predicted octanol–water partition coefficient (Wildman–Crippen LogP) is 2.51. The summed E-state index contributed by atoms with van der Waals surface area (Å²) < 4.78 is 0. The molecule has 9 nitrogen and oxygen atoms in total. The lowest BCUT2D eigenvalue weighted by Gasteiger charge is -2.37. The van der Waals surface area contributed by atoms with Crippen molar-refractivity contribution in [2.24, 2.45) is 5.73 Å². The molecule has 2 aromatic rings. The van der Waals surface area contributed by atoms with Crippen molar-refractivity contribution in [1.29, 1.82) is 0 Å². The summed E-state index contributed by atoms with van der Waals surface area (Å²) in [5, 5.41) is 2.25. The smallest absolute Gasteiger partial charge is 0.255 e. The summed E-state index contributed by atoms with van der Waals surface area (Å²) in [5.74, 6) is -0.0165. The molecule has 1 fully saturated rings. The van der Waals surface area contributed by atoms with Crippen molar-refractivity contribution >= 4 is 30.6 Å². The number of hydrogen-bond acceptors (Lipinski definition) is 7. The van der Waals surface area contributed by atoms with Gasteiger partial charge in [-0.2, -0.15) is 0 Å². The molecule has 4 rings (SSSR count). The molecule has 2 aliphatic heterocycles. The summed E-state index contributed by atoms with van der Waals surface area (Å²) in [7, 11) is 3.06. The molecular formula is C30H43N5O4. The minimum absolute atomic E-state index is 0.0165. The van der Waals surface area contributed by atoms with Crippen LogP contribution in [0.2, 0.25) is 0 Å². The van der Waals surface area contributed by atoms with Crippen molar-refractivity contribution < 1.29 is 19.2 Å². The molecule has 2 aliphatic rings. The molecule has 9 heteroatoms. The van der Waals surface area contributed by atoms with Gasteiger partial charge in [0.15, 0.2) is 0 Å². The summed E-state index contributed by atoms with van der Waals surface area (Å²) in [6.45, 7) is 7.49. The summed E-state index contributed by atoms with van der Waals surface area (Å²) >= 11 is 0. The summed E-state index contributed by atoms with van der Waals surface area (Å²) in [5.41, 5.74) is 9.44. The van der Waals surface area contributed by atoms with E-state index in [4.69, 9.17) is 4.79 Å². The van der Waals surface area contributed by atoms with Gasteiger partial charge in [0.25, 0.3) is 5.91 Å². The van der Waals surface area contributed by atoms with E-state index in [1.165, 1.54) is 12.6 Å². The zero-order valence-electron chi connectivity index (χ0n) is 23.5. The minimum atomic E-state index is -0.339. The van der Waals surface area contributed by atoms with Gasteiger partial charge in [0, 0.05) is 62.1 Å². The van der Waals surface area contributed by atoms with Crippen molar-refractivity contribution in [3.8, 4) is 0 Å². The number of nitrogens with one attached hydrogen (secondary N) is 1. The average Bonchev–Trinajstić information content (AvgIpc) is 3.34. The van der Waals surface area contributed by atoms with E-state index in [9.17, 15) is 14.4 Å². The second-order valence-electron chi connectivity index (χ2n) is 9.43. The number of carbonyl (C=O) groups excluding carboxylic acids is 4. The number of aldehydes is 2. The molecule has 1 saturated heterocycles. The number of hydrogen-bond donors (Lipinski definition) is 2. The first-order valence-corrected chi connectivity index (χ1v) is 13.6. The molecule has 0 saturated carbocycles. The number of nitrogens with zero attached hydrogens (tertiary/aromatic N) is 3. The topological polar surface area (TPSA) is 116 Å². The van der Waals surface area contributed by atoms with Gasteiger partial charge < -0.3 is 25.6 Å². The van der Waals surface area contributed by atoms with Crippen LogP contribution in [0.3, 0.4) is 0 Å². The molecule has 0 spiro atoms. The fourth-order valence-electron chi connectivity index (χ4n) is 4.98. The highest BCUT2D eigenvalue weighted by molar-refractivity contribution is 6.01. The van der Waals surface area contributed by atoms with E-state index in [0.29, 0.717) is 19.4 Å².